The van der Waals surface area contributed by atoms with Crippen LogP contribution in [0.2, 0.25) is 0 Å². The van der Waals surface area contributed by atoms with Gasteiger partial charge in [0.1, 0.15) is 0 Å². The van der Waals surface area contributed by atoms with E-state index >= 15 is 0 Å². The lowest BCUT2D eigenvalue weighted by atomic mass is 10.3. The van der Waals surface area contributed by atoms with E-state index in [4.69, 9.17) is 5.73 Å². The fraction of sp³-hybridized carbons (Fsp3) is 0.833. The van der Waals surface area contributed by atoms with E-state index in [1.165, 1.54) is 0 Å². The highest BCUT2D eigenvalue weighted by Gasteiger charge is 2.27. The number of nitrogens with one attached hydrogen (secondary N) is 1. The van der Waals surface area contributed by atoms with Gasteiger partial charge in [0.25, 0.3) is 0 Å². The molecule has 1 atom stereocenters. The van der Waals surface area contributed by atoms with Crippen molar-refractivity contribution in [3.05, 3.63) is 0 Å². The summed E-state index contributed by atoms with van der Waals surface area (Å²) in [6.45, 7) is 0.426. The molecule has 6 heteroatoms. The Hall–Kier alpha value is -0.200. The predicted octanol–water partition coefficient (Wildman–Crippen LogP) is -0.951. The molecular formula is C6H12N2O2S2. The Morgan fingerprint density at radius 2 is 2.33 bits per heavy atom. The Bertz CT molecular complexity index is 273. The zero-order valence-electron chi connectivity index (χ0n) is 6.62. The van der Waals surface area contributed by atoms with Crippen molar-refractivity contribution in [3.8, 4) is 0 Å². The standard InChI is InChI=1S/C6H12N2O2S2/c7-6(11)3-8-5-1-2-12(9,10)4-5/h5,8H,1-4H2,(H2,7,11). The Labute approximate surface area is 77.4 Å². The summed E-state index contributed by atoms with van der Waals surface area (Å²) in [6, 6.07) is 0.0384. The highest BCUT2D eigenvalue weighted by atomic mass is 32.2. The molecule has 0 aromatic heterocycles. The van der Waals surface area contributed by atoms with Gasteiger partial charge in [0.15, 0.2) is 9.84 Å². The van der Waals surface area contributed by atoms with E-state index in [0.717, 1.165) is 0 Å². The maximum absolute atomic E-state index is 11.0. The summed E-state index contributed by atoms with van der Waals surface area (Å²) in [5.41, 5.74) is 5.26. The van der Waals surface area contributed by atoms with Crippen molar-refractivity contribution >= 4 is 27.0 Å². The smallest absolute Gasteiger partial charge is 0.151 e. The molecule has 1 aliphatic rings. The van der Waals surface area contributed by atoms with Gasteiger partial charge in [-0.15, -0.1) is 0 Å². The molecule has 1 fully saturated rings. The van der Waals surface area contributed by atoms with Gasteiger partial charge in [-0.3, -0.25) is 0 Å². The number of rotatable bonds is 3. The minimum absolute atomic E-state index is 0.0384. The second-order valence-corrected chi connectivity index (χ2v) is 5.70. The quantitative estimate of drug-likeness (QED) is 0.585. The number of hydrogen-bond acceptors (Lipinski definition) is 4. The minimum atomic E-state index is -2.79. The lowest BCUT2D eigenvalue weighted by molar-refractivity contribution is 0.589. The van der Waals surface area contributed by atoms with E-state index < -0.39 is 9.84 Å². The van der Waals surface area contributed by atoms with Crippen LogP contribution in [0.1, 0.15) is 6.42 Å². The molecule has 1 saturated heterocycles. The molecule has 4 nitrogen and oxygen atoms in total. The third-order valence-corrected chi connectivity index (χ3v) is 3.71. The van der Waals surface area contributed by atoms with Crippen molar-refractivity contribution in [2.75, 3.05) is 18.1 Å². The lowest BCUT2D eigenvalue weighted by Gasteiger charge is -2.08. The maximum atomic E-state index is 11.0. The summed E-state index contributed by atoms with van der Waals surface area (Å²) in [5, 5.41) is 2.99. The molecule has 0 aromatic carbocycles. The van der Waals surface area contributed by atoms with Crippen molar-refractivity contribution in [1.82, 2.24) is 5.32 Å². The first-order valence-electron chi connectivity index (χ1n) is 3.72. The molecule has 1 heterocycles. The molecule has 0 aromatic rings. The van der Waals surface area contributed by atoms with Crippen LogP contribution in [0.3, 0.4) is 0 Å². The molecule has 0 aliphatic carbocycles. The summed E-state index contributed by atoms with van der Waals surface area (Å²) in [5.74, 6) is 0.498. The van der Waals surface area contributed by atoms with E-state index in [2.05, 4.69) is 17.5 Å². The van der Waals surface area contributed by atoms with E-state index in [1.54, 1.807) is 0 Å². The fourth-order valence-electron chi connectivity index (χ4n) is 1.20. The van der Waals surface area contributed by atoms with Crippen molar-refractivity contribution in [2.45, 2.75) is 12.5 Å². The van der Waals surface area contributed by atoms with Crippen LogP contribution >= 0.6 is 12.2 Å². The predicted molar refractivity (Wildman–Crippen MR) is 51.8 cm³/mol. The average molecular weight is 208 g/mol. The summed E-state index contributed by atoms with van der Waals surface area (Å²) >= 11 is 4.65. The monoisotopic (exact) mass is 208 g/mol. The van der Waals surface area contributed by atoms with Crippen LogP contribution in [0, 0.1) is 0 Å². The van der Waals surface area contributed by atoms with Crippen LogP contribution < -0.4 is 11.1 Å². The van der Waals surface area contributed by atoms with Gasteiger partial charge in [-0.05, 0) is 6.42 Å². The Morgan fingerprint density at radius 3 is 2.75 bits per heavy atom. The molecule has 12 heavy (non-hydrogen) atoms. The third kappa shape index (κ3) is 3.04. The first-order valence-corrected chi connectivity index (χ1v) is 5.95. The highest BCUT2D eigenvalue weighted by molar-refractivity contribution is 7.91. The zero-order chi connectivity index (χ0) is 9.19. The fourth-order valence-corrected chi connectivity index (χ4v) is 2.99. The molecule has 0 bridgehead atoms. The van der Waals surface area contributed by atoms with Gasteiger partial charge in [0.05, 0.1) is 16.5 Å². The SMILES string of the molecule is NC(=S)CNC1CCS(=O)(=O)C1. The van der Waals surface area contributed by atoms with Gasteiger partial charge in [0.2, 0.25) is 0 Å². The number of thiocarbonyl (C=S) groups is 1. The average Bonchev–Trinajstić information content (AvgIpc) is 2.26. The highest BCUT2D eigenvalue weighted by Crippen LogP contribution is 2.10. The second kappa shape index (κ2) is 3.68. The molecular weight excluding hydrogens is 196 g/mol. The number of sulfone groups is 1. The third-order valence-electron chi connectivity index (χ3n) is 1.80. The lowest BCUT2D eigenvalue weighted by Crippen LogP contribution is -2.36. The van der Waals surface area contributed by atoms with Crippen LogP contribution in [0.25, 0.3) is 0 Å². The Balaban J connectivity index is 2.34. The molecule has 1 rings (SSSR count). The van der Waals surface area contributed by atoms with E-state index in [0.29, 0.717) is 18.0 Å². The Morgan fingerprint density at radius 1 is 1.67 bits per heavy atom. The van der Waals surface area contributed by atoms with Gasteiger partial charge in [0, 0.05) is 12.6 Å². The minimum Gasteiger partial charge on any atom is -0.392 e. The molecule has 0 amide bonds. The topological polar surface area (TPSA) is 72.2 Å². The number of nitrogens with two attached hydrogens (primary N) is 1. The van der Waals surface area contributed by atoms with Crippen LogP contribution in [0.4, 0.5) is 0 Å². The van der Waals surface area contributed by atoms with E-state index in [1.807, 2.05) is 0 Å². The molecule has 1 aliphatic heterocycles. The molecule has 3 N–H and O–H groups in total. The van der Waals surface area contributed by atoms with Crippen molar-refractivity contribution in [2.24, 2.45) is 5.73 Å². The van der Waals surface area contributed by atoms with Gasteiger partial charge in [-0.1, -0.05) is 12.2 Å². The zero-order valence-corrected chi connectivity index (χ0v) is 8.25. The summed E-state index contributed by atoms with van der Waals surface area (Å²) in [7, 11) is -2.79. The largest absolute Gasteiger partial charge is 0.392 e. The van der Waals surface area contributed by atoms with Gasteiger partial charge >= 0.3 is 0 Å². The summed E-state index contributed by atoms with van der Waals surface area (Å²) in [6.07, 6.45) is 0.672. The van der Waals surface area contributed by atoms with Gasteiger partial charge < -0.3 is 11.1 Å². The molecule has 1 unspecified atom stereocenters. The van der Waals surface area contributed by atoms with Crippen LogP contribution in [-0.2, 0) is 9.84 Å². The van der Waals surface area contributed by atoms with Crippen LogP contribution in [0.15, 0.2) is 0 Å². The summed E-state index contributed by atoms with van der Waals surface area (Å²) in [4.78, 5) is 0.374. The Kier molecular flexibility index (Phi) is 3.03. The maximum Gasteiger partial charge on any atom is 0.151 e. The first-order chi connectivity index (χ1) is 5.49. The molecule has 0 spiro atoms. The molecule has 0 saturated carbocycles. The van der Waals surface area contributed by atoms with Crippen LogP contribution in [-0.4, -0.2) is 37.5 Å². The number of hydrogen-bond donors (Lipinski definition) is 2. The normalized spacial score (nSPS) is 27.2. The van der Waals surface area contributed by atoms with Crippen molar-refractivity contribution in [3.63, 3.8) is 0 Å². The second-order valence-electron chi connectivity index (χ2n) is 2.95. The molecule has 70 valence electrons. The van der Waals surface area contributed by atoms with E-state index in [9.17, 15) is 8.42 Å². The van der Waals surface area contributed by atoms with Crippen molar-refractivity contribution < 1.29 is 8.42 Å². The summed E-state index contributed by atoms with van der Waals surface area (Å²) < 4.78 is 22.0. The van der Waals surface area contributed by atoms with Crippen LogP contribution in [0.5, 0.6) is 0 Å². The van der Waals surface area contributed by atoms with Gasteiger partial charge in [-0.25, -0.2) is 8.42 Å². The van der Waals surface area contributed by atoms with E-state index in [-0.39, 0.29) is 17.5 Å². The molecule has 0 radical (unpaired) electrons. The van der Waals surface area contributed by atoms with Crippen molar-refractivity contribution in [1.29, 1.82) is 0 Å². The first kappa shape index (κ1) is 9.88. The van der Waals surface area contributed by atoms with Gasteiger partial charge in [-0.2, -0.15) is 0 Å².